The van der Waals surface area contributed by atoms with Crippen molar-refractivity contribution in [1.29, 1.82) is 0 Å². The minimum absolute atomic E-state index is 0.0614. The highest BCUT2D eigenvalue weighted by Crippen LogP contribution is 2.42. The van der Waals surface area contributed by atoms with Gasteiger partial charge in [-0.25, -0.2) is 13.6 Å². The number of hydrogen-bond donors (Lipinski definition) is 1. The van der Waals surface area contributed by atoms with E-state index in [1.54, 1.807) is 0 Å². The van der Waals surface area contributed by atoms with Crippen molar-refractivity contribution >= 4 is 34.4 Å². The summed E-state index contributed by atoms with van der Waals surface area (Å²) in [6.07, 6.45) is 0.188. The lowest BCUT2D eigenvalue weighted by Crippen LogP contribution is -2.52. The van der Waals surface area contributed by atoms with Gasteiger partial charge in [0.2, 0.25) is 5.91 Å². The van der Waals surface area contributed by atoms with Crippen molar-refractivity contribution in [3.63, 3.8) is 0 Å². The van der Waals surface area contributed by atoms with Gasteiger partial charge in [0.1, 0.15) is 29.6 Å². The number of fused-ring (bicyclic) bond motifs is 3. The van der Waals surface area contributed by atoms with Crippen molar-refractivity contribution in [1.82, 2.24) is 9.88 Å². The number of alkyl halides is 1. The number of aromatic amines is 1. The quantitative estimate of drug-likeness (QED) is 0.521. The Morgan fingerprint density at radius 1 is 1.24 bits per heavy atom. The van der Waals surface area contributed by atoms with Crippen LogP contribution < -0.4 is 0 Å². The molecule has 0 saturated carbocycles. The lowest BCUT2D eigenvalue weighted by atomic mass is 9.87. The van der Waals surface area contributed by atoms with Crippen LogP contribution >= 0.6 is 11.6 Å². The first-order valence-electron chi connectivity index (χ1n) is 8.95. The van der Waals surface area contributed by atoms with Crippen molar-refractivity contribution in [3.05, 3.63) is 70.9 Å². The van der Waals surface area contributed by atoms with E-state index in [0.29, 0.717) is 5.69 Å². The van der Waals surface area contributed by atoms with E-state index in [9.17, 15) is 18.4 Å². The van der Waals surface area contributed by atoms with Gasteiger partial charge in [-0.05, 0) is 17.7 Å². The predicted octanol–water partition coefficient (Wildman–Crippen LogP) is 3.70. The molecule has 0 saturated heterocycles. The van der Waals surface area contributed by atoms with Crippen LogP contribution in [0.3, 0.4) is 0 Å². The van der Waals surface area contributed by atoms with E-state index in [4.69, 9.17) is 16.3 Å². The van der Waals surface area contributed by atoms with E-state index in [0.717, 1.165) is 28.6 Å². The zero-order chi connectivity index (χ0) is 20.7. The third kappa shape index (κ3) is 3.15. The number of hydrogen-bond acceptors (Lipinski definition) is 3. The number of nitrogens with one attached hydrogen (secondary N) is 1. The van der Waals surface area contributed by atoms with Gasteiger partial charge in [-0.2, -0.15) is 0 Å². The maximum atomic E-state index is 14.8. The van der Waals surface area contributed by atoms with Gasteiger partial charge in [0, 0.05) is 34.6 Å². The first kappa shape index (κ1) is 19.4. The van der Waals surface area contributed by atoms with Crippen molar-refractivity contribution in [2.75, 3.05) is 13.0 Å². The van der Waals surface area contributed by atoms with Gasteiger partial charge in [-0.3, -0.25) is 4.79 Å². The Morgan fingerprint density at radius 2 is 2.00 bits per heavy atom. The van der Waals surface area contributed by atoms with Gasteiger partial charge < -0.3 is 14.6 Å². The van der Waals surface area contributed by atoms with E-state index in [-0.39, 0.29) is 12.0 Å². The highest BCUT2D eigenvalue weighted by atomic mass is 35.5. The smallest absolute Gasteiger partial charge is 0.328 e. The Hall–Kier alpha value is -2.93. The molecule has 1 aliphatic heterocycles. The normalized spacial score (nSPS) is 18.6. The van der Waals surface area contributed by atoms with Gasteiger partial charge in [-0.15, -0.1) is 11.6 Å². The molecule has 2 heterocycles. The summed E-state index contributed by atoms with van der Waals surface area (Å²) in [5.41, 5.74) is 2.19. The molecule has 1 amide bonds. The van der Waals surface area contributed by atoms with Crippen molar-refractivity contribution in [2.24, 2.45) is 0 Å². The number of methoxy groups -OCH3 is 1. The van der Waals surface area contributed by atoms with Gasteiger partial charge in [0.25, 0.3) is 0 Å². The molecule has 1 N–H and O–H groups in total. The molecule has 2 aromatic carbocycles. The molecule has 3 aromatic rings. The molecule has 4 rings (SSSR count). The number of H-pyrrole nitrogens is 1. The highest BCUT2D eigenvalue weighted by molar-refractivity contribution is 6.27. The second kappa shape index (κ2) is 7.48. The van der Waals surface area contributed by atoms with Crippen LogP contribution in [0.25, 0.3) is 10.9 Å². The SMILES string of the molecule is COC(=O)[C@H]1Cc2c([nH]c3ccccc23)[C@H](c2ccc(F)cc2F)N1C(=O)CCl. The van der Waals surface area contributed by atoms with E-state index in [1.807, 2.05) is 24.3 Å². The Kier molecular flexibility index (Phi) is 5.00. The molecule has 0 aliphatic carbocycles. The fourth-order valence-electron chi connectivity index (χ4n) is 4.03. The van der Waals surface area contributed by atoms with Crippen molar-refractivity contribution < 1.29 is 23.1 Å². The first-order valence-corrected chi connectivity index (χ1v) is 9.49. The lowest BCUT2D eigenvalue weighted by Gasteiger charge is -2.40. The Balaban J connectivity index is 2.01. The van der Waals surface area contributed by atoms with Crippen LogP contribution in [0.4, 0.5) is 8.78 Å². The number of rotatable bonds is 3. The molecular formula is C21H17ClF2N2O3. The van der Waals surface area contributed by atoms with Crippen molar-refractivity contribution in [3.8, 4) is 0 Å². The van der Waals surface area contributed by atoms with E-state index in [2.05, 4.69) is 4.98 Å². The molecule has 150 valence electrons. The van der Waals surface area contributed by atoms with E-state index < -0.39 is 41.5 Å². The standard InChI is InChI=1S/C21H17ClF2N2O3/c1-29-21(28)17-9-14-12-4-2-3-5-16(12)25-19(14)20(26(17)18(27)10-22)13-7-6-11(23)8-15(13)24/h2-8,17,20,25H,9-10H2,1H3/t17-,20+/m1/s1. The number of ether oxygens (including phenoxy) is 1. The fraction of sp³-hybridized carbons (Fsp3) is 0.238. The molecule has 1 aromatic heterocycles. The number of carbonyl (C=O) groups excluding carboxylic acids is 2. The molecule has 29 heavy (non-hydrogen) atoms. The van der Waals surface area contributed by atoms with Crippen LogP contribution in [-0.2, 0) is 20.7 Å². The fourth-order valence-corrected chi connectivity index (χ4v) is 4.17. The minimum Gasteiger partial charge on any atom is -0.467 e. The van der Waals surface area contributed by atoms with Gasteiger partial charge in [0.05, 0.1) is 7.11 Å². The molecule has 1 aliphatic rings. The Bertz CT molecular complexity index is 1110. The van der Waals surface area contributed by atoms with Crippen LogP contribution in [0.15, 0.2) is 42.5 Å². The summed E-state index contributed by atoms with van der Waals surface area (Å²) in [4.78, 5) is 29.8. The van der Waals surface area contributed by atoms with Crippen LogP contribution in [0.2, 0.25) is 0 Å². The molecule has 2 atom stereocenters. The number of amides is 1. The molecule has 5 nitrogen and oxygen atoms in total. The number of carbonyl (C=O) groups is 2. The zero-order valence-corrected chi connectivity index (χ0v) is 16.2. The molecule has 0 bridgehead atoms. The monoisotopic (exact) mass is 418 g/mol. The maximum Gasteiger partial charge on any atom is 0.328 e. The summed E-state index contributed by atoms with van der Waals surface area (Å²) in [7, 11) is 1.23. The number of nitrogens with zero attached hydrogens (tertiary/aromatic N) is 1. The van der Waals surface area contributed by atoms with Crippen LogP contribution in [0.1, 0.15) is 22.9 Å². The third-order valence-corrected chi connectivity index (χ3v) is 5.49. The number of esters is 1. The van der Waals surface area contributed by atoms with Crippen LogP contribution in [0, 0.1) is 11.6 Å². The number of benzene rings is 2. The first-order chi connectivity index (χ1) is 14.0. The summed E-state index contributed by atoms with van der Waals surface area (Å²) in [6.45, 7) is 0. The molecule has 0 unspecified atom stereocenters. The lowest BCUT2D eigenvalue weighted by molar-refractivity contribution is -0.154. The third-order valence-electron chi connectivity index (χ3n) is 5.26. The van der Waals surface area contributed by atoms with Gasteiger partial charge in [0.15, 0.2) is 0 Å². The van der Waals surface area contributed by atoms with Crippen LogP contribution in [0.5, 0.6) is 0 Å². The average Bonchev–Trinajstić information content (AvgIpc) is 3.10. The number of para-hydroxylation sites is 1. The highest BCUT2D eigenvalue weighted by Gasteiger charge is 2.44. The summed E-state index contributed by atoms with van der Waals surface area (Å²) in [6, 6.07) is 8.61. The summed E-state index contributed by atoms with van der Waals surface area (Å²) >= 11 is 5.81. The summed E-state index contributed by atoms with van der Waals surface area (Å²) < 4.78 is 33.2. The number of aromatic nitrogens is 1. The zero-order valence-electron chi connectivity index (χ0n) is 15.4. The Labute approximate surface area is 170 Å². The molecule has 0 radical (unpaired) electrons. The van der Waals surface area contributed by atoms with E-state index in [1.165, 1.54) is 18.1 Å². The second-order valence-electron chi connectivity index (χ2n) is 6.81. The molecule has 8 heteroatoms. The predicted molar refractivity (Wildman–Crippen MR) is 104 cm³/mol. The minimum atomic E-state index is -0.993. The Morgan fingerprint density at radius 3 is 2.69 bits per heavy atom. The average molecular weight is 419 g/mol. The van der Waals surface area contributed by atoms with Crippen LogP contribution in [-0.4, -0.2) is 40.8 Å². The summed E-state index contributed by atoms with van der Waals surface area (Å²) in [5.74, 6) is -3.15. The maximum absolute atomic E-state index is 14.8. The van der Waals surface area contributed by atoms with Gasteiger partial charge >= 0.3 is 5.97 Å². The molecular weight excluding hydrogens is 402 g/mol. The van der Waals surface area contributed by atoms with Gasteiger partial charge in [-0.1, -0.05) is 24.3 Å². The van der Waals surface area contributed by atoms with Crippen molar-refractivity contribution in [2.45, 2.75) is 18.5 Å². The second-order valence-corrected chi connectivity index (χ2v) is 7.08. The largest absolute Gasteiger partial charge is 0.467 e. The molecule has 0 fully saturated rings. The molecule has 0 spiro atoms. The number of halogens is 3. The van der Waals surface area contributed by atoms with E-state index >= 15 is 0 Å². The summed E-state index contributed by atoms with van der Waals surface area (Å²) in [5, 5.41) is 0.863. The topological polar surface area (TPSA) is 62.4 Å².